The number of unbranched alkanes of at least 4 members (excludes halogenated alkanes) is 26. The van der Waals surface area contributed by atoms with Gasteiger partial charge in [-0.2, -0.15) is 0 Å². The van der Waals surface area contributed by atoms with Gasteiger partial charge in [-0.1, -0.05) is 211 Å². The van der Waals surface area contributed by atoms with Crippen molar-refractivity contribution < 1.29 is 24.5 Å². The highest BCUT2D eigenvalue weighted by Crippen LogP contribution is 2.17. The molecule has 0 spiro atoms. The molecule has 0 saturated carbocycles. The summed E-state index contributed by atoms with van der Waals surface area (Å²) in [6.45, 7) is 6.32. The Balaban J connectivity index is 4.53. The first-order chi connectivity index (χ1) is 28.5. The zero-order chi connectivity index (χ0) is 42.4. The lowest BCUT2D eigenvalue weighted by atomic mass is 10.0. The van der Waals surface area contributed by atoms with E-state index in [1.807, 2.05) is 12.2 Å². The van der Waals surface area contributed by atoms with Crippen LogP contribution in [-0.2, 0) is 14.3 Å². The number of aliphatic hydroxyl groups is 2. The number of carbonyl (C=O) groups is 2. The lowest BCUT2D eigenvalue weighted by Crippen LogP contribution is -2.46. The van der Waals surface area contributed by atoms with Crippen LogP contribution in [0.2, 0.25) is 0 Å². The van der Waals surface area contributed by atoms with E-state index in [9.17, 15) is 19.8 Å². The Bertz CT molecular complexity index is 1000. The van der Waals surface area contributed by atoms with Gasteiger partial charge in [0.15, 0.2) is 0 Å². The standard InChI is InChI=1S/C52H95NO5/c1-4-7-10-13-16-19-22-24-25-26-27-29-32-35-38-41-44-50(55)49(47-54)53-51(56)46-48(43-40-37-34-31-28-21-18-15-12-9-6-3)58-52(57)45-42-39-36-33-30-23-20-17-14-11-8-5-2/h9,12,15,17-18,20-21,28,48-50,54-55H,4-8,10-11,13-14,16,19,22-27,29-47H2,1-3H3,(H,53,56)/b12-9+,18-15+,20-17-,28-21-. The number of hydrogen-bond acceptors (Lipinski definition) is 5. The fraction of sp³-hybridized carbons (Fsp3) is 0.808. The minimum Gasteiger partial charge on any atom is -0.462 e. The molecule has 3 atom stereocenters. The molecule has 338 valence electrons. The second-order valence-corrected chi connectivity index (χ2v) is 16.9. The van der Waals surface area contributed by atoms with Crippen LogP contribution in [0.25, 0.3) is 0 Å². The molecule has 1 amide bonds. The maximum atomic E-state index is 13.2. The topological polar surface area (TPSA) is 95.9 Å². The summed E-state index contributed by atoms with van der Waals surface area (Å²) in [5.74, 6) is -0.518. The zero-order valence-electron chi connectivity index (χ0n) is 38.4. The van der Waals surface area contributed by atoms with Gasteiger partial charge in [-0.3, -0.25) is 9.59 Å². The first-order valence-corrected chi connectivity index (χ1v) is 24.9. The molecule has 6 heteroatoms. The largest absolute Gasteiger partial charge is 0.462 e. The van der Waals surface area contributed by atoms with Crippen molar-refractivity contribution in [2.45, 2.75) is 264 Å². The van der Waals surface area contributed by atoms with Gasteiger partial charge in [-0.05, 0) is 70.6 Å². The van der Waals surface area contributed by atoms with Crippen LogP contribution in [0.5, 0.6) is 0 Å². The van der Waals surface area contributed by atoms with E-state index in [1.165, 1.54) is 122 Å². The first kappa shape index (κ1) is 55.8. The van der Waals surface area contributed by atoms with E-state index in [-0.39, 0.29) is 24.9 Å². The lowest BCUT2D eigenvalue weighted by Gasteiger charge is -2.24. The quantitative estimate of drug-likeness (QED) is 0.0246. The maximum Gasteiger partial charge on any atom is 0.306 e. The second-order valence-electron chi connectivity index (χ2n) is 16.9. The number of amides is 1. The zero-order valence-corrected chi connectivity index (χ0v) is 38.4. The summed E-state index contributed by atoms with van der Waals surface area (Å²) in [5.41, 5.74) is 0. The molecule has 0 aromatic heterocycles. The Morgan fingerprint density at radius 1 is 0.517 bits per heavy atom. The molecule has 0 rings (SSSR count). The Morgan fingerprint density at radius 3 is 1.50 bits per heavy atom. The number of rotatable bonds is 44. The monoisotopic (exact) mass is 814 g/mol. The van der Waals surface area contributed by atoms with E-state index in [0.717, 1.165) is 77.0 Å². The average molecular weight is 814 g/mol. The summed E-state index contributed by atoms with van der Waals surface area (Å²) in [6.07, 6.45) is 54.6. The molecule has 0 saturated heterocycles. The molecule has 0 aliphatic heterocycles. The number of esters is 1. The number of allylic oxidation sites excluding steroid dienone is 8. The van der Waals surface area contributed by atoms with Gasteiger partial charge in [0.05, 0.1) is 25.2 Å². The van der Waals surface area contributed by atoms with Crippen LogP contribution in [0.1, 0.15) is 245 Å². The minimum absolute atomic E-state index is 0.0515. The van der Waals surface area contributed by atoms with Gasteiger partial charge >= 0.3 is 5.97 Å². The molecule has 0 fully saturated rings. The van der Waals surface area contributed by atoms with Crippen LogP contribution in [0.3, 0.4) is 0 Å². The summed E-state index contributed by atoms with van der Waals surface area (Å²) in [6, 6.07) is -0.713. The molecule has 58 heavy (non-hydrogen) atoms. The van der Waals surface area contributed by atoms with Gasteiger partial charge in [0.1, 0.15) is 6.10 Å². The highest BCUT2D eigenvalue weighted by Gasteiger charge is 2.24. The molecular weight excluding hydrogens is 719 g/mol. The molecule has 3 unspecified atom stereocenters. The van der Waals surface area contributed by atoms with Gasteiger partial charge in [0.25, 0.3) is 0 Å². The molecule has 0 radical (unpaired) electrons. The van der Waals surface area contributed by atoms with E-state index in [1.54, 1.807) is 0 Å². The maximum absolute atomic E-state index is 13.2. The van der Waals surface area contributed by atoms with Crippen molar-refractivity contribution in [3.8, 4) is 0 Å². The molecule has 6 nitrogen and oxygen atoms in total. The number of carbonyl (C=O) groups excluding carboxylic acids is 2. The summed E-state index contributed by atoms with van der Waals surface area (Å²) >= 11 is 0. The molecule has 0 bridgehead atoms. The number of hydrogen-bond donors (Lipinski definition) is 3. The van der Waals surface area contributed by atoms with Crippen LogP contribution in [0.4, 0.5) is 0 Å². The van der Waals surface area contributed by atoms with Crippen molar-refractivity contribution in [1.29, 1.82) is 0 Å². The van der Waals surface area contributed by atoms with E-state index in [2.05, 4.69) is 62.5 Å². The molecule has 0 aromatic carbocycles. The van der Waals surface area contributed by atoms with E-state index in [4.69, 9.17) is 4.74 Å². The summed E-state index contributed by atoms with van der Waals surface area (Å²) in [5, 5.41) is 23.7. The molecule has 0 aliphatic rings. The Kier molecular flexibility index (Phi) is 44.2. The molecule has 3 N–H and O–H groups in total. The average Bonchev–Trinajstić information content (AvgIpc) is 3.22. The smallest absolute Gasteiger partial charge is 0.306 e. The van der Waals surface area contributed by atoms with Crippen molar-refractivity contribution in [3.63, 3.8) is 0 Å². The fourth-order valence-corrected chi connectivity index (χ4v) is 7.42. The van der Waals surface area contributed by atoms with Crippen LogP contribution >= 0.6 is 0 Å². The van der Waals surface area contributed by atoms with Crippen molar-refractivity contribution in [2.75, 3.05) is 6.61 Å². The Morgan fingerprint density at radius 2 is 0.948 bits per heavy atom. The highest BCUT2D eigenvalue weighted by atomic mass is 16.5. The SMILES string of the molecule is CC/C=C/C=C/C=C\CCCCCC(CC(=O)NC(CO)C(O)CCCCCCCCCCCCCCCCCC)OC(=O)CCCCCCC/C=C\CCCCC. The van der Waals surface area contributed by atoms with Crippen LogP contribution < -0.4 is 5.32 Å². The third-order valence-electron chi connectivity index (χ3n) is 11.2. The number of aliphatic hydroxyl groups excluding tert-OH is 2. The van der Waals surface area contributed by atoms with Crippen LogP contribution in [0, 0.1) is 0 Å². The van der Waals surface area contributed by atoms with Crippen LogP contribution in [0.15, 0.2) is 48.6 Å². The number of ether oxygens (including phenoxy) is 1. The Labute approximate surface area is 359 Å². The summed E-state index contributed by atoms with van der Waals surface area (Å²) in [7, 11) is 0. The molecule has 0 aliphatic carbocycles. The molecule has 0 aromatic rings. The van der Waals surface area contributed by atoms with Crippen molar-refractivity contribution in [3.05, 3.63) is 48.6 Å². The second kappa shape index (κ2) is 45.9. The Hall–Kier alpha value is -2.18. The van der Waals surface area contributed by atoms with Gasteiger partial charge in [-0.15, -0.1) is 0 Å². The van der Waals surface area contributed by atoms with Gasteiger partial charge in [0, 0.05) is 6.42 Å². The fourth-order valence-electron chi connectivity index (χ4n) is 7.42. The molecule has 0 heterocycles. The third-order valence-corrected chi connectivity index (χ3v) is 11.2. The first-order valence-electron chi connectivity index (χ1n) is 24.9. The van der Waals surface area contributed by atoms with Crippen LogP contribution in [-0.4, -0.2) is 46.9 Å². The van der Waals surface area contributed by atoms with Crippen molar-refractivity contribution >= 4 is 11.9 Å². The van der Waals surface area contributed by atoms with Gasteiger partial charge in [-0.25, -0.2) is 0 Å². The predicted molar refractivity (Wildman–Crippen MR) is 250 cm³/mol. The normalized spacial score (nSPS) is 13.7. The van der Waals surface area contributed by atoms with Gasteiger partial charge < -0.3 is 20.3 Å². The summed E-state index contributed by atoms with van der Waals surface area (Å²) < 4.78 is 5.89. The predicted octanol–water partition coefficient (Wildman–Crippen LogP) is 14.7. The molecular formula is C52H95NO5. The number of nitrogens with one attached hydrogen (secondary N) is 1. The van der Waals surface area contributed by atoms with Crippen molar-refractivity contribution in [1.82, 2.24) is 5.32 Å². The third kappa shape index (κ3) is 40.6. The highest BCUT2D eigenvalue weighted by molar-refractivity contribution is 5.77. The van der Waals surface area contributed by atoms with E-state index >= 15 is 0 Å². The lowest BCUT2D eigenvalue weighted by molar-refractivity contribution is -0.151. The van der Waals surface area contributed by atoms with E-state index < -0.39 is 18.2 Å². The van der Waals surface area contributed by atoms with E-state index in [0.29, 0.717) is 19.3 Å². The minimum atomic E-state index is -0.797. The van der Waals surface area contributed by atoms with Crippen molar-refractivity contribution in [2.24, 2.45) is 0 Å². The van der Waals surface area contributed by atoms with Gasteiger partial charge in [0.2, 0.25) is 5.91 Å². The summed E-state index contributed by atoms with van der Waals surface area (Å²) in [4.78, 5) is 26.0.